The van der Waals surface area contributed by atoms with Crippen LogP contribution < -0.4 is 0 Å². The molecular formula is C10H21NO2. The first-order valence-electron chi connectivity index (χ1n) is 4.69. The maximum absolute atomic E-state index is 10.6. The van der Waals surface area contributed by atoms with E-state index in [-0.39, 0.29) is 11.8 Å². The maximum atomic E-state index is 10.6. The van der Waals surface area contributed by atoms with Crippen molar-refractivity contribution in [1.29, 1.82) is 0 Å². The standard InChI is InChI=1S/C10H21NO2/c1-6-8(11(4)5)10(2,3)7-9(12)13/h8H,6-7H2,1-5H3,(H,12,13). The Morgan fingerprint density at radius 3 is 2.15 bits per heavy atom. The van der Waals surface area contributed by atoms with E-state index in [9.17, 15) is 4.79 Å². The van der Waals surface area contributed by atoms with Gasteiger partial charge in [0.15, 0.2) is 0 Å². The molecule has 1 unspecified atom stereocenters. The number of carboxylic acids is 1. The van der Waals surface area contributed by atoms with E-state index >= 15 is 0 Å². The molecule has 0 aromatic carbocycles. The normalized spacial score (nSPS) is 14.6. The van der Waals surface area contributed by atoms with E-state index in [2.05, 4.69) is 11.8 Å². The third-order valence-electron chi connectivity index (χ3n) is 2.52. The van der Waals surface area contributed by atoms with Crippen molar-refractivity contribution in [3.8, 4) is 0 Å². The highest BCUT2D eigenvalue weighted by atomic mass is 16.4. The van der Waals surface area contributed by atoms with E-state index in [0.717, 1.165) is 6.42 Å². The molecule has 0 fully saturated rings. The van der Waals surface area contributed by atoms with Crippen molar-refractivity contribution in [2.75, 3.05) is 14.1 Å². The summed E-state index contributed by atoms with van der Waals surface area (Å²) in [6, 6.07) is 0.323. The van der Waals surface area contributed by atoms with Crippen LogP contribution in [0.15, 0.2) is 0 Å². The van der Waals surface area contributed by atoms with Crippen LogP contribution in [0.4, 0.5) is 0 Å². The average molecular weight is 187 g/mol. The molecular weight excluding hydrogens is 166 g/mol. The lowest BCUT2D eigenvalue weighted by Crippen LogP contribution is -2.41. The van der Waals surface area contributed by atoms with Crippen molar-refractivity contribution in [3.63, 3.8) is 0 Å². The average Bonchev–Trinajstić information content (AvgIpc) is 1.82. The third-order valence-corrected chi connectivity index (χ3v) is 2.52. The predicted octanol–water partition coefficient (Wildman–Crippen LogP) is 1.83. The van der Waals surface area contributed by atoms with E-state index in [1.165, 1.54) is 0 Å². The lowest BCUT2D eigenvalue weighted by atomic mass is 9.79. The van der Waals surface area contributed by atoms with Gasteiger partial charge in [0.25, 0.3) is 0 Å². The largest absolute Gasteiger partial charge is 0.481 e. The summed E-state index contributed by atoms with van der Waals surface area (Å²) in [6.45, 7) is 6.11. The van der Waals surface area contributed by atoms with Crippen LogP contribution >= 0.6 is 0 Å². The molecule has 3 nitrogen and oxygen atoms in total. The van der Waals surface area contributed by atoms with Gasteiger partial charge in [-0.3, -0.25) is 4.79 Å². The Bertz CT molecular complexity index is 176. The highest BCUT2D eigenvalue weighted by molar-refractivity contribution is 5.67. The molecule has 0 spiro atoms. The minimum Gasteiger partial charge on any atom is -0.481 e. The first-order chi connectivity index (χ1) is 5.81. The van der Waals surface area contributed by atoms with Gasteiger partial charge < -0.3 is 10.0 Å². The first-order valence-corrected chi connectivity index (χ1v) is 4.69. The molecule has 0 heterocycles. The van der Waals surface area contributed by atoms with Gasteiger partial charge in [-0.25, -0.2) is 0 Å². The predicted molar refractivity (Wildman–Crippen MR) is 53.8 cm³/mol. The number of carbonyl (C=O) groups is 1. The number of carboxylic acid groups (broad SMARTS) is 1. The van der Waals surface area contributed by atoms with E-state index in [1.54, 1.807) is 0 Å². The van der Waals surface area contributed by atoms with Crippen molar-refractivity contribution in [3.05, 3.63) is 0 Å². The second kappa shape index (κ2) is 4.61. The molecule has 0 rings (SSSR count). The number of hydrogen-bond acceptors (Lipinski definition) is 2. The molecule has 0 aliphatic rings. The molecule has 0 aliphatic heterocycles. The van der Waals surface area contributed by atoms with Gasteiger partial charge in [0.05, 0.1) is 6.42 Å². The minimum atomic E-state index is -0.717. The van der Waals surface area contributed by atoms with Crippen LogP contribution in [0.25, 0.3) is 0 Å². The zero-order valence-corrected chi connectivity index (χ0v) is 9.29. The van der Waals surface area contributed by atoms with Crippen molar-refractivity contribution >= 4 is 5.97 Å². The molecule has 0 amide bonds. The molecule has 0 aromatic heterocycles. The Balaban J connectivity index is 4.46. The summed E-state index contributed by atoms with van der Waals surface area (Å²) in [5.41, 5.74) is -0.163. The monoisotopic (exact) mass is 187 g/mol. The smallest absolute Gasteiger partial charge is 0.303 e. The lowest BCUT2D eigenvalue weighted by Gasteiger charge is -2.37. The fourth-order valence-electron chi connectivity index (χ4n) is 2.12. The molecule has 3 heteroatoms. The summed E-state index contributed by atoms with van der Waals surface area (Å²) in [5, 5.41) is 8.76. The van der Waals surface area contributed by atoms with Crippen LogP contribution in [0.5, 0.6) is 0 Å². The third kappa shape index (κ3) is 3.77. The molecule has 1 N–H and O–H groups in total. The van der Waals surface area contributed by atoms with Crippen molar-refractivity contribution < 1.29 is 9.90 Å². The highest BCUT2D eigenvalue weighted by Gasteiger charge is 2.31. The van der Waals surface area contributed by atoms with Crippen molar-refractivity contribution in [2.24, 2.45) is 5.41 Å². The van der Waals surface area contributed by atoms with E-state index in [0.29, 0.717) is 6.04 Å². The summed E-state index contributed by atoms with van der Waals surface area (Å²) in [6.07, 6.45) is 1.21. The molecule has 0 saturated carbocycles. The van der Waals surface area contributed by atoms with Gasteiger partial charge in [0.2, 0.25) is 0 Å². The van der Waals surface area contributed by atoms with Gasteiger partial charge in [0, 0.05) is 6.04 Å². The summed E-state index contributed by atoms with van der Waals surface area (Å²) in [7, 11) is 4.00. The fourth-order valence-corrected chi connectivity index (χ4v) is 2.12. The molecule has 0 radical (unpaired) electrons. The van der Waals surface area contributed by atoms with Gasteiger partial charge in [-0.2, -0.15) is 0 Å². The van der Waals surface area contributed by atoms with Crippen LogP contribution in [0.3, 0.4) is 0 Å². The van der Waals surface area contributed by atoms with Crippen molar-refractivity contribution in [1.82, 2.24) is 4.90 Å². The fraction of sp³-hybridized carbons (Fsp3) is 0.900. The minimum absolute atomic E-state index is 0.163. The summed E-state index contributed by atoms with van der Waals surface area (Å²) >= 11 is 0. The van der Waals surface area contributed by atoms with Crippen LogP contribution in [0.1, 0.15) is 33.6 Å². The molecule has 78 valence electrons. The second-order valence-corrected chi connectivity index (χ2v) is 4.45. The van der Waals surface area contributed by atoms with Crippen LogP contribution in [0, 0.1) is 5.41 Å². The molecule has 1 atom stereocenters. The SMILES string of the molecule is CCC(N(C)C)C(C)(C)CC(=O)O. The number of rotatable bonds is 5. The maximum Gasteiger partial charge on any atom is 0.303 e. The van der Waals surface area contributed by atoms with Gasteiger partial charge in [0.1, 0.15) is 0 Å². The Morgan fingerprint density at radius 1 is 1.46 bits per heavy atom. The van der Waals surface area contributed by atoms with E-state index in [4.69, 9.17) is 5.11 Å². The molecule has 0 saturated heterocycles. The zero-order valence-electron chi connectivity index (χ0n) is 9.29. The Hall–Kier alpha value is -0.570. The first kappa shape index (κ1) is 12.4. The molecule has 13 heavy (non-hydrogen) atoms. The summed E-state index contributed by atoms with van der Waals surface area (Å²) in [4.78, 5) is 12.7. The van der Waals surface area contributed by atoms with Crippen LogP contribution in [-0.4, -0.2) is 36.1 Å². The van der Waals surface area contributed by atoms with E-state index < -0.39 is 5.97 Å². The number of aliphatic carboxylic acids is 1. The quantitative estimate of drug-likeness (QED) is 0.713. The van der Waals surface area contributed by atoms with Crippen LogP contribution in [-0.2, 0) is 4.79 Å². The van der Waals surface area contributed by atoms with Gasteiger partial charge in [-0.05, 0) is 25.9 Å². The Kier molecular flexibility index (Phi) is 4.40. The lowest BCUT2D eigenvalue weighted by molar-refractivity contribution is -0.140. The Morgan fingerprint density at radius 2 is 1.92 bits per heavy atom. The van der Waals surface area contributed by atoms with Crippen molar-refractivity contribution in [2.45, 2.75) is 39.7 Å². The Labute approximate surface area is 80.7 Å². The van der Waals surface area contributed by atoms with Crippen LogP contribution in [0.2, 0.25) is 0 Å². The second-order valence-electron chi connectivity index (χ2n) is 4.45. The molecule has 0 bridgehead atoms. The summed E-state index contributed by atoms with van der Waals surface area (Å²) in [5.74, 6) is -0.717. The number of hydrogen-bond donors (Lipinski definition) is 1. The zero-order chi connectivity index (χ0) is 10.6. The summed E-state index contributed by atoms with van der Waals surface area (Å²) < 4.78 is 0. The van der Waals surface area contributed by atoms with Gasteiger partial charge in [-0.1, -0.05) is 20.8 Å². The number of nitrogens with zero attached hydrogens (tertiary/aromatic N) is 1. The highest BCUT2D eigenvalue weighted by Crippen LogP contribution is 2.29. The molecule has 0 aliphatic carbocycles. The van der Waals surface area contributed by atoms with E-state index in [1.807, 2.05) is 27.9 Å². The topological polar surface area (TPSA) is 40.5 Å². The van der Waals surface area contributed by atoms with Gasteiger partial charge in [-0.15, -0.1) is 0 Å². The molecule has 0 aromatic rings. The van der Waals surface area contributed by atoms with Gasteiger partial charge >= 0.3 is 5.97 Å².